The number of benzene rings is 1. The van der Waals surface area contributed by atoms with E-state index in [-0.39, 0.29) is 17.4 Å². The van der Waals surface area contributed by atoms with Gasteiger partial charge < -0.3 is 10.2 Å². The Balaban J connectivity index is 2.17. The van der Waals surface area contributed by atoms with Crippen LogP contribution >= 0.6 is 0 Å². The molecule has 2 aliphatic heterocycles. The van der Waals surface area contributed by atoms with Crippen LogP contribution in [-0.4, -0.2) is 28.8 Å². The van der Waals surface area contributed by atoms with Gasteiger partial charge >= 0.3 is 0 Å². The van der Waals surface area contributed by atoms with Crippen molar-refractivity contribution in [2.24, 2.45) is 0 Å². The van der Waals surface area contributed by atoms with Gasteiger partial charge in [0.25, 0.3) is 11.8 Å². The molecule has 0 bridgehead atoms. The highest BCUT2D eigenvalue weighted by atomic mass is 16.2. The van der Waals surface area contributed by atoms with E-state index in [9.17, 15) is 9.59 Å². The molecule has 0 fully saturated rings. The van der Waals surface area contributed by atoms with Crippen molar-refractivity contribution in [3.63, 3.8) is 0 Å². The van der Waals surface area contributed by atoms with Crippen LogP contribution in [0.1, 0.15) is 43.6 Å². The number of carbonyl (C=O) groups is 2. The third-order valence-electron chi connectivity index (χ3n) is 3.94. The normalized spacial score (nSPS) is 23.7. The average molecular weight is 284 g/mol. The van der Waals surface area contributed by atoms with Gasteiger partial charge in [-0.3, -0.25) is 9.59 Å². The van der Waals surface area contributed by atoms with Crippen molar-refractivity contribution in [1.29, 1.82) is 0 Å². The molecule has 2 amide bonds. The van der Waals surface area contributed by atoms with Crippen molar-refractivity contribution in [3.8, 4) is 0 Å². The molecule has 1 aromatic rings. The predicted molar refractivity (Wildman–Crippen MR) is 80.8 cm³/mol. The van der Waals surface area contributed by atoms with Gasteiger partial charge in [0.2, 0.25) is 0 Å². The molecular formula is C17H20N2O2. The number of rotatable bonds is 1. The van der Waals surface area contributed by atoms with Crippen LogP contribution in [0.25, 0.3) is 0 Å². The predicted octanol–water partition coefficient (Wildman–Crippen LogP) is 2.21. The molecule has 1 aromatic carbocycles. The van der Waals surface area contributed by atoms with E-state index in [1.54, 1.807) is 11.0 Å². The molecule has 0 unspecified atom stereocenters. The van der Waals surface area contributed by atoms with Crippen molar-refractivity contribution in [1.82, 2.24) is 10.2 Å². The first-order chi connectivity index (χ1) is 9.75. The van der Waals surface area contributed by atoms with Gasteiger partial charge in [0.15, 0.2) is 5.54 Å². The monoisotopic (exact) mass is 284 g/mol. The number of carbonyl (C=O) groups excluding carboxylic acids is 2. The molecule has 2 aliphatic rings. The molecule has 4 nitrogen and oxygen atoms in total. The fraction of sp³-hybridized carbons (Fsp3) is 0.412. The Morgan fingerprint density at radius 3 is 2.62 bits per heavy atom. The number of fused-ring (bicyclic) bond motifs is 3. The Morgan fingerprint density at radius 2 is 1.95 bits per heavy atom. The highest BCUT2D eigenvalue weighted by molar-refractivity contribution is 6.09. The SMILES string of the molecule is CC1=C[C@]2(C(=O)NC(C)(C)C)c3ccccc3C(=O)N2C1. The molecule has 0 aliphatic carbocycles. The minimum absolute atomic E-state index is 0.0669. The lowest BCUT2D eigenvalue weighted by Gasteiger charge is -2.34. The highest BCUT2D eigenvalue weighted by Crippen LogP contribution is 2.45. The van der Waals surface area contributed by atoms with Gasteiger partial charge in [-0.15, -0.1) is 0 Å². The summed E-state index contributed by atoms with van der Waals surface area (Å²) < 4.78 is 0. The maximum atomic E-state index is 13.0. The molecule has 0 spiro atoms. The van der Waals surface area contributed by atoms with Gasteiger partial charge in [-0.25, -0.2) is 0 Å². The van der Waals surface area contributed by atoms with Gasteiger partial charge in [0, 0.05) is 23.2 Å². The molecule has 2 heterocycles. The third-order valence-corrected chi connectivity index (χ3v) is 3.94. The van der Waals surface area contributed by atoms with E-state index in [0.29, 0.717) is 12.1 Å². The zero-order chi connectivity index (χ0) is 15.4. The van der Waals surface area contributed by atoms with E-state index >= 15 is 0 Å². The maximum Gasteiger partial charge on any atom is 0.255 e. The van der Waals surface area contributed by atoms with E-state index < -0.39 is 5.54 Å². The Labute approximate surface area is 124 Å². The highest BCUT2D eigenvalue weighted by Gasteiger charge is 2.56. The first-order valence-corrected chi connectivity index (χ1v) is 7.18. The number of hydrogen-bond acceptors (Lipinski definition) is 2. The second-order valence-corrected chi connectivity index (χ2v) is 6.90. The molecule has 0 radical (unpaired) electrons. The molecule has 0 saturated heterocycles. The summed E-state index contributed by atoms with van der Waals surface area (Å²) in [5.74, 6) is -0.201. The first kappa shape index (κ1) is 13.9. The smallest absolute Gasteiger partial charge is 0.255 e. The summed E-state index contributed by atoms with van der Waals surface area (Å²) in [7, 11) is 0. The van der Waals surface area contributed by atoms with E-state index in [1.165, 1.54) is 0 Å². The van der Waals surface area contributed by atoms with Crippen LogP contribution in [0, 0.1) is 0 Å². The van der Waals surface area contributed by atoms with Crippen LogP contribution in [0.15, 0.2) is 35.9 Å². The summed E-state index contributed by atoms with van der Waals surface area (Å²) >= 11 is 0. The molecule has 110 valence electrons. The Bertz CT molecular complexity index is 670. The average Bonchev–Trinajstić information content (AvgIpc) is 2.84. The number of amides is 2. The zero-order valence-corrected chi connectivity index (χ0v) is 12.9. The van der Waals surface area contributed by atoms with Crippen LogP contribution in [0.4, 0.5) is 0 Å². The Morgan fingerprint density at radius 1 is 1.29 bits per heavy atom. The maximum absolute atomic E-state index is 13.0. The van der Waals surface area contributed by atoms with Crippen molar-refractivity contribution in [3.05, 3.63) is 47.0 Å². The van der Waals surface area contributed by atoms with E-state index in [2.05, 4.69) is 5.32 Å². The number of hydrogen-bond donors (Lipinski definition) is 1. The second kappa shape index (κ2) is 4.20. The number of nitrogens with zero attached hydrogens (tertiary/aromatic N) is 1. The molecule has 4 heteroatoms. The van der Waals surface area contributed by atoms with Gasteiger partial charge in [-0.1, -0.05) is 23.8 Å². The van der Waals surface area contributed by atoms with Gasteiger partial charge in [0.1, 0.15) is 0 Å². The lowest BCUT2D eigenvalue weighted by Crippen LogP contribution is -2.55. The summed E-state index contributed by atoms with van der Waals surface area (Å²) in [4.78, 5) is 27.3. The quantitative estimate of drug-likeness (QED) is 0.804. The largest absolute Gasteiger partial charge is 0.349 e. The molecule has 0 saturated carbocycles. The van der Waals surface area contributed by atoms with E-state index in [0.717, 1.165) is 11.1 Å². The van der Waals surface area contributed by atoms with Crippen molar-refractivity contribution >= 4 is 11.8 Å². The van der Waals surface area contributed by atoms with Crippen LogP contribution in [0.5, 0.6) is 0 Å². The lowest BCUT2D eigenvalue weighted by atomic mass is 9.88. The topological polar surface area (TPSA) is 49.4 Å². The van der Waals surface area contributed by atoms with Crippen LogP contribution in [0.3, 0.4) is 0 Å². The summed E-state index contributed by atoms with van der Waals surface area (Å²) in [6.45, 7) is 8.30. The summed E-state index contributed by atoms with van der Waals surface area (Å²) in [5.41, 5.74) is 1.13. The van der Waals surface area contributed by atoms with E-state index in [4.69, 9.17) is 0 Å². The molecule has 0 aromatic heterocycles. The Kier molecular flexibility index (Phi) is 2.77. The molecule has 21 heavy (non-hydrogen) atoms. The standard InChI is InChI=1S/C17H20N2O2/c1-11-9-17(15(21)18-16(2,3)4)13-8-6-5-7-12(13)14(20)19(17)10-11/h5-9H,10H2,1-4H3,(H,18,21)/t17-/m1/s1. The van der Waals surface area contributed by atoms with Crippen LogP contribution in [-0.2, 0) is 10.3 Å². The van der Waals surface area contributed by atoms with Gasteiger partial charge in [-0.2, -0.15) is 0 Å². The molecule has 1 atom stereocenters. The lowest BCUT2D eigenvalue weighted by molar-refractivity contribution is -0.130. The summed E-state index contributed by atoms with van der Waals surface area (Å²) in [5, 5.41) is 3.03. The van der Waals surface area contributed by atoms with Crippen molar-refractivity contribution in [2.45, 2.75) is 38.8 Å². The van der Waals surface area contributed by atoms with Gasteiger partial charge in [-0.05, 0) is 39.8 Å². The molecular weight excluding hydrogens is 264 g/mol. The van der Waals surface area contributed by atoms with Gasteiger partial charge in [0.05, 0.1) is 0 Å². The third kappa shape index (κ3) is 1.89. The number of nitrogens with one attached hydrogen (secondary N) is 1. The van der Waals surface area contributed by atoms with E-state index in [1.807, 2.05) is 52.0 Å². The van der Waals surface area contributed by atoms with Crippen LogP contribution in [0.2, 0.25) is 0 Å². The minimum Gasteiger partial charge on any atom is -0.349 e. The molecule has 3 rings (SSSR count). The summed E-state index contributed by atoms with van der Waals surface area (Å²) in [6.07, 6.45) is 1.93. The first-order valence-electron chi connectivity index (χ1n) is 7.18. The second-order valence-electron chi connectivity index (χ2n) is 6.90. The van der Waals surface area contributed by atoms with Crippen molar-refractivity contribution in [2.75, 3.05) is 6.54 Å². The minimum atomic E-state index is -0.981. The fourth-order valence-corrected chi connectivity index (χ4v) is 3.20. The fourth-order valence-electron chi connectivity index (χ4n) is 3.20. The van der Waals surface area contributed by atoms with Crippen LogP contribution < -0.4 is 5.32 Å². The molecule has 1 N–H and O–H groups in total. The Hall–Kier alpha value is -2.10. The van der Waals surface area contributed by atoms with Crippen molar-refractivity contribution < 1.29 is 9.59 Å². The zero-order valence-electron chi connectivity index (χ0n) is 12.9. The summed E-state index contributed by atoms with van der Waals surface area (Å²) in [6, 6.07) is 7.39.